The van der Waals surface area contributed by atoms with Gasteiger partial charge in [-0.3, -0.25) is 19.9 Å². The lowest BCUT2D eigenvalue weighted by atomic mass is 9.70. The van der Waals surface area contributed by atoms with E-state index in [2.05, 4.69) is 107 Å². The molecule has 10 aromatic rings. The van der Waals surface area contributed by atoms with Crippen molar-refractivity contribution in [3.8, 4) is 44.8 Å². The van der Waals surface area contributed by atoms with Gasteiger partial charge in [-0.05, 0) is 93.0 Å². The Morgan fingerprint density at radius 3 is 1.36 bits per heavy atom. The molecule has 244 valence electrons. The predicted octanol–water partition coefficient (Wildman–Crippen LogP) is 10.3. The van der Waals surface area contributed by atoms with Crippen molar-refractivity contribution in [1.29, 1.82) is 0 Å². The van der Waals surface area contributed by atoms with Gasteiger partial charge < -0.3 is 0 Å². The Kier molecular flexibility index (Phi) is 5.61. The van der Waals surface area contributed by atoms with Crippen molar-refractivity contribution in [2.45, 2.75) is 5.41 Å². The molecule has 0 saturated carbocycles. The van der Waals surface area contributed by atoms with Gasteiger partial charge in [-0.15, -0.1) is 0 Å². The van der Waals surface area contributed by atoms with Gasteiger partial charge in [0.1, 0.15) is 0 Å². The molecular formula is C47H26N6. The number of hydrogen-bond acceptors (Lipinski definition) is 6. The third kappa shape index (κ3) is 3.71. The zero-order chi connectivity index (χ0) is 34.7. The van der Waals surface area contributed by atoms with Crippen molar-refractivity contribution in [2.75, 3.05) is 0 Å². The van der Waals surface area contributed by atoms with Crippen LogP contribution in [0.3, 0.4) is 0 Å². The molecule has 0 unspecified atom stereocenters. The third-order valence-electron chi connectivity index (χ3n) is 11.3. The zero-order valence-electron chi connectivity index (χ0n) is 28.2. The minimum Gasteiger partial charge on any atom is -0.262 e. The van der Waals surface area contributed by atoms with E-state index in [1.807, 2.05) is 49.1 Å². The van der Waals surface area contributed by atoms with Crippen LogP contribution in [0.2, 0.25) is 0 Å². The first-order valence-electron chi connectivity index (χ1n) is 17.8. The molecule has 0 saturated heterocycles. The second kappa shape index (κ2) is 10.4. The number of pyridine rings is 6. The van der Waals surface area contributed by atoms with Gasteiger partial charge in [0, 0.05) is 57.5 Å². The molecule has 6 heterocycles. The normalized spacial score (nSPS) is 13.4. The highest BCUT2D eigenvalue weighted by molar-refractivity contribution is 6.10. The van der Waals surface area contributed by atoms with Crippen LogP contribution in [0.4, 0.5) is 0 Å². The summed E-state index contributed by atoms with van der Waals surface area (Å²) in [6.45, 7) is 0. The van der Waals surface area contributed by atoms with Crippen LogP contribution in [-0.4, -0.2) is 29.9 Å². The molecular weight excluding hydrogens is 649 g/mol. The average molecular weight is 675 g/mol. The van der Waals surface area contributed by atoms with Crippen LogP contribution < -0.4 is 0 Å². The molecule has 1 spiro atoms. The highest BCUT2D eigenvalue weighted by Crippen LogP contribution is 2.63. The maximum absolute atomic E-state index is 5.22. The molecule has 6 aromatic heterocycles. The fourth-order valence-electron chi connectivity index (χ4n) is 9.22. The molecule has 2 aliphatic rings. The number of fused-ring (bicyclic) bond motifs is 16. The van der Waals surface area contributed by atoms with Crippen LogP contribution in [-0.2, 0) is 5.41 Å². The molecule has 12 rings (SSSR count). The standard InChI is InChI=1S/C47H26N6/c1-3-11-37-29(7-1)30-8-2-4-12-38(30)47(37)39-15-13-27(43-33-9-5-19-50-45(33)31-17-21-48-25-41(31)52-43)23-35(39)36-24-28(14-16-40(36)47)44-34-10-6-20-51-46(34)32-18-22-49-26-42(32)53-44/h1-26H. The first-order valence-corrected chi connectivity index (χ1v) is 17.8. The molecule has 6 heteroatoms. The Labute approximate surface area is 303 Å². The molecule has 2 aliphatic carbocycles. The lowest BCUT2D eigenvalue weighted by Crippen LogP contribution is -2.25. The Balaban J connectivity index is 1.18. The van der Waals surface area contributed by atoms with Crippen molar-refractivity contribution < 1.29 is 0 Å². The molecule has 0 amide bonds. The first kappa shape index (κ1) is 28.5. The van der Waals surface area contributed by atoms with E-state index in [-0.39, 0.29) is 0 Å². The van der Waals surface area contributed by atoms with E-state index in [9.17, 15) is 0 Å². The van der Waals surface area contributed by atoms with Crippen LogP contribution in [0.15, 0.2) is 159 Å². The monoisotopic (exact) mass is 674 g/mol. The van der Waals surface area contributed by atoms with E-state index in [4.69, 9.17) is 19.9 Å². The van der Waals surface area contributed by atoms with E-state index < -0.39 is 5.41 Å². The summed E-state index contributed by atoms with van der Waals surface area (Å²) in [5.41, 5.74) is 16.9. The van der Waals surface area contributed by atoms with Gasteiger partial charge in [0.2, 0.25) is 0 Å². The zero-order valence-corrected chi connectivity index (χ0v) is 28.2. The predicted molar refractivity (Wildman–Crippen MR) is 210 cm³/mol. The second-order valence-electron chi connectivity index (χ2n) is 13.9. The highest BCUT2D eigenvalue weighted by atomic mass is 14.8. The number of hydrogen-bond donors (Lipinski definition) is 0. The van der Waals surface area contributed by atoms with Gasteiger partial charge in [0.25, 0.3) is 0 Å². The summed E-state index contributed by atoms with van der Waals surface area (Å²) in [4.78, 5) is 28.9. The Bertz CT molecular complexity index is 2990. The van der Waals surface area contributed by atoms with E-state index in [0.29, 0.717) is 0 Å². The van der Waals surface area contributed by atoms with Crippen molar-refractivity contribution in [3.05, 3.63) is 181 Å². The van der Waals surface area contributed by atoms with E-state index in [1.165, 1.54) is 44.5 Å². The Hall–Kier alpha value is -7.18. The first-order chi connectivity index (χ1) is 26.3. The molecule has 6 nitrogen and oxygen atoms in total. The largest absolute Gasteiger partial charge is 0.262 e. The number of benzene rings is 4. The second-order valence-corrected chi connectivity index (χ2v) is 13.9. The third-order valence-corrected chi connectivity index (χ3v) is 11.3. The minimum atomic E-state index is -0.483. The molecule has 0 N–H and O–H groups in total. The van der Waals surface area contributed by atoms with Crippen molar-refractivity contribution in [2.24, 2.45) is 0 Å². The van der Waals surface area contributed by atoms with Crippen molar-refractivity contribution in [1.82, 2.24) is 29.9 Å². The van der Waals surface area contributed by atoms with Crippen molar-refractivity contribution >= 4 is 43.6 Å². The van der Waals surface area contributed by atoms with Crippen LogP contribution in [0, 0.1) is 0 Å². The molecule has 0 atom stereocenters. The molecule has 4 aromatic carbocycles. The van der Waals surface area contributed by atoms with Gasteiger partial charge in [0.05, 0.1) is 51.3 Å². The van der Waals surface area contributed by atoms with Gasteiger partial charge in [-0.2, -0.15) is 0 Å². The quantitative estimate of drug-likeness (QED) is 0.170. The van der Waals surface area contributed by atoms with E-state index in [0.717, 1.165) is 66.1 Å². The average Bonchev–Trinajstić information content (AvgIpc) is 3.69. The number of rotatable bonds is 2. The van der Waals surface area contributed by atoms with Gasteiger partial charge in [0.15, 0.2) is 0 Å². The van der Waals surface area contributed by atoms with Gasteiger partial charge >= 0.3 is 0 Å². The summed E-state index contributed by atoms with van der Waals surface area (Å²) < 4.78 is 0. The molecule has 0 fully saturated rings. The Morgan fingerprint density at radius 2 is 0.849 bits per heavy atom. The van der Waals surface area contributed by atoms with Crippen LogP contribution in [0.25, 0.3) is 88.4 Å². The van der Waals surface area contributed by atoms with E-state index >= 15 is 0 Å². The molecule has 0 bridgehead atoms. The SMILES string of the molecule is c1ccc2c(c1)-c1ccccc1C21c2ccc(-c3nc4cnccc4c4ncccc34)cc2-c2cc(-c3nc4cnccc4c4ncccc34)ccc21. The summed E-state index contributed by atoms with van der Waals surface area (Å²) in [6.07, 6.45) is 11.0. The fraction of sp³-hybridized carbons (Fsp3) is 0.0213. The van der Waals surface area contributed by atoms with Crippen LogP contribution in [0.1, 0.15) is 22.3 Å². The topological polar surface area (TPSA) is 77.3 Å². The molecule has 0 radical (unpaired) electrons. The number of aromatic nitrogens is 6. The maximum atomic E-state index is 5.22. The maximum Gasteiger partial charge on any atom is 0.0914 e. The van der Waals surface area contributed by atoms with Gasteiger partial charge in [-0.25, -0.2) is 9.97 Å². The van der Waals surface area contributed by atoms with E-state index in [1.54, 1.807) is 12.4 Å². The van der Waals surface area contributed by atoms with Crippen LogP contribution in [0.5, 0.6) is 0 Å². The number of nitrogens with zero attached hydrogens (tertiary/aromatic N) is 6. The summed E-state index contributed by atoms with van der Waals surface area (Å²) in [5.74, 6) is 0. The minimum absolute atomic E-state index is 0.483. The molecule has 53 heavy (non-hydrogen) atoms. The summed E-state index contributed by atoms with van der Waals surface area (Å²) in [7, 11) is 0. The lowest BCUT2D eigenvalue weighted by Gasteiger charge is -2.30. The Morgan fingerprint density at radius 1 is 0.377 bits per heavy atom. The summed E-state index contributed by atoms with van der Waals surface area (Å²) in [6, 6.07) is 43.8. The summed E-state index contributed by atoms with van der Waals surface area (Å²) >= 11 is 0. The highest BCUT2D eigenvalue weighted by Gasteiger charge is 2.51. The fourth-order valence-corrected chi connectivity index (χ4v) is 9.22. The smallest absolute Gasteiger partial charge is 0.0914 e. The van der Waals surface area contributed by atoms with Crippen molar-refractivity contribution in [3.63, 3.8) is 0 Å². The lowest BCUT2D eigenvalue weighted by molar-refractivity contribution is 0.794. The summed E-state index contributed by atoms with van der Waals surface area (Å²) in [5, 5.41) is 4.01. The molecule has 0 aliphatic heterocycles. The van der Waals surface area contributed by atoms with Gasteiger partial charge in [-0.1, -0.05) is 72.8 Å². The van der Waals surface area contributed by atoms with Crippen LogP contribution >= 0.6 is 0 Å².